The van der Waals surface area contributed by atoms with Gasteiger partial charge in [0.15, 0.2) is 17.2 Å². The molecule has 3 aromatic rings. The number of pyridine rings is 1. The smallest absolute Gasteiger partial charge is 0.198 e. The van der Waals surface area contributed by atoms with Gasteiger partial charge in [0.05, 0.1) is 0 Å². The lowest BCUT2D eigenvalue weighted by Gasteiger charge is -1.94. The normalized spacial score (nSPS) is 10.8. The van der Waals surface area contributed by atoms with E-state index >= 15 is 0 Å². The molecule has 0 atom stereocenters. The van der Waals surface area contributed by atoms with Crippen molar-refractivity contribution >= 4 is 5.65 Å². The van der Waals surface area contributed by atoms with Gasteiger partial charge in [0.1, 0.15) is 5.75 Å². The molecular formula is C12H9N3O2. The van der Waals surface area contributed by atoms with Crippen LogP contribution in [0.4, 0.5) is 0 Å². The SMILES string of the molecule is Oc1ccc(-c2nc3c(O)cccn3n2)cc1. The van der Waals surface area contributed by atoms with E-state index in [0.717, 1.165) is 5.56 Å². The number of aromatic nitrogens is 3. The molecule has 0 aliphatic carbocycles. The van der Waals surface area contributed by atoms with E-state index in [0.29, 0.717) is 11.5 Å². The molecular weight excluding hydrogens is 218 g/mol. The summed E-state index contributed by atoms with van der Waals surface area (Å²) in [6.07, 6.45) is 1.71. The van der Waals surface area contributed by atoms with Crippen molar-refractivity contribution in [2.24, 2.45) is 0 Å². The zero-order valence-electron chi connectivity index (χ0n) is 8.78. The minimum atomic E-state index is 0.0880. The molecule has 2 heterocycles. The minimum Gasteiger partial charge on any atom is -0.508 e. The van der Waals surface area contributed by atoms with Crippen LogP contribution in [0, 0.1) is 0 Å². The fraction of sp³-hybridized carbons (Fsp3) is 0. The van der Waals surface area contributed by atoms with E-state index in [1.807, 2.05) is 0 Å². The first-order chi connectivity index (χ1) is 8.24. The average molecular weight is 227 g/mol. The zero-order valence-corrected chi connectivity index (χ0v) is 8.78. The van der Waals surface area contributed by atoms with Gasteiger partial charge in [0.2, 0.25) is 0 Å². The highest BCUT2D eigenvalue weighted by Gasteiger charge is 2.08. The van der Waals surface area contributed by atoms with Crippen LogP contribution in [0.25, 0.3) is 17.0 Å². The maximum Gasteiger partial charge on any atom is 0.198 e. The van der Waals surface area contributed by atoms with Crippen molar-refractivity contribution in [2.45, 2.75) is 0 Å². The summed E-state index contributed by atoms with van der Waals surface area (Å²) >= 11 is 0. The first-order valence-electron chi connectivity index (χ1n) is 5.08. The summed E-state index contributed by atoms with van der Waals surface area (Å²) < 4.78 is 1.51. The van der Waals surface area contributed by atoms with Crippen LogP contribution in [0.1, 0.15) is 0 Å². The molecule has 5 nitrogen and oxygen atoms in total. The van der Waals surface area contributed by atoms with E-state index in [1.54, 1.807) is 42.6 Å². The number of fused-ring (bicyclic) bond motifs is 1. The van der Waals surface area contributed by atoms with Crippen LogP contribution in [-0.4, -0.2) is 24.8 Å². The van der Waals surface area contributed by atoms with Gasteiger partial charge in [-0.25, -0.2) is 9.50 Å². The lowest BCUT2D eigenvalue weighted by molar-refractivity contribution is 0.475. The minimum absolute atomic E-state index is 0.0880. The first-order valence-corrected chi connectivity index (χ1v) is 5.08. The number of rotatable bonds is 1. The van der Waals surface area contributed by atoms with Crippen molar-refractivity contribution in [2.75, 3.05) is 0 Å². The molecule has 5 heteroatoms. The predicted octanol–water partition coefficient (Wildman–Crippen LogP) is 1.81. The quantitative estimate of drug-likeness (QED) is 0.665. The van der Waals surface area contributed by atoms with Crippen LogP contribution in [-0.2, 0) is 0 Å². The summed E-state index contributed by atoms with van der Waals surface area (Å²) in [5.74, 6) is 0.789. The van der Waals surface area contributed by atoms with E-state index in [4.69, 9.17) is 0 Å². The first kappa shape index (κ1) is 9.65. The third-order valence-corrected chi connectivity index (χ3v) is 2.47. The van der Waals surface area contributed by atoms with E-state index in [9.17, 15) is 10.2 Å². The molecule has 3 rings (SSSR count). The molecule has 0 spiro atoms. The predicted molar refractivity (Wildman–Crippen MR) is 61.8 cm³/mol. The van der Waals surface area contributed by atoms with Gasteiger partial charge >= 0.3 is 0 Å². The molecule has 0 unspecified atom stereocenters. The van der Waals surface area contributed by atoms with Crippen LogP contribution < -0.4 is 0 Å². The summed E-state index contributed by atoms with van der Waals surface area (Å²) in [7, 11) is 0. The molecule has 2 aromatic heterocycles. The Morgan fingerprint density at radius 1 is 1.00 bits per heavy atom. The lowest BCUT2D eigenvalue weighted by atomic mass is 10.2. The van der Waals surface area contributed by atoms with Gasteiger partial charge in [-0.3, -0.25) is 0 Å². The number of aromatic hydroxyl groups is 2. The molecule has 0 radical (unpaired) electrons. The number of phenolic OH excluding ortho intramolecular Hbond substituents is 1. The number of hydrogen-bond donors (Lipinski definition) is 2. The topological polar surface area (TPSA) is 70.7 Å². The summed E-state index contributed by atoms with van der Waals surface area (Å²) in [6, 6.07) is 9.84. The standard InChI is InChI=1S/C12H9N3O2/c16-9-5-3-8(4-6-9)11-13-12-10(17)2-1-7-15(12)14-11/h1-7,16-17H. The maximum absolute atomic E-state index is 9.61. The summed E-state index contributed by atoms with van der Waals surface area (Å²) in [6.45, 7) is 0. The second-order valence-corrected chi connectivity index (χ2v) is 3.64. The third kappa shape index (κ3) is 1.57. The van der Waals surface area contributed by atoms with Crippen LogP contribution in [0.3, 0.4) is 0 Å². The maximum atomic E-state index is 9.61. The Morgan fingerprint density at radius 2 is 1.76 bits per heavy atom. The van der Waals surface area contributed by atoms with E-state index < -0.39 is 0 Å². The third-order valence-electron chi connectivity index (χ3n) is 2.47. The van der Waals surface area contributed by atoms with E-state index in [-0.39, 0.29) is 11.5 Å². The van der Waals surface area contributed by atoms with Gasteiger partial charge < -0.3 is 10.2 Å². The highest BCUT2D eigenvalue weighted by molar-refractivity contribution is 5.62. The molecule has 0 aliphatic rings. The summed E-state index contributed by atoms with van der Waals surface area (Å²) in [5.41, 5.74) is 1.20. The second-order valence-electron chi connectivity index (χ2n) is 3.64. The zero-order chi connectivity index (χ0) is 11.8. The van der Waals surface area contributed by atoms with Crippen molar-refractivity contribution in [3.63, 3.8) is 0 Å². The van der Waals surface area contributed by atoms with Crippen molar-refractivity contribution in [1.82, 2.24) is 14.6 Å². The monoisotopic (exact) mass is 227 g/mol. The molecule has 0 bridgehead atoms. The Kier molecular flexibility index (Phi) is 1.98. The fourth-order valence-electron chi connectivity index (χ4n) is 1.62. The van der Waals surface area contributed by atoms with Gasteiger partial charge in [0.25, 0.3) is 0 Å². The molecule has 84 valence electrons. The van der Waals surface area contributed by atoms with Crippen LogP contribution in [0.5, 0.6) is 11.5 Å². The van der Waals surface area contributed by atoms with Crippen LogP contribution in [0.15, 0.2) is 42.6 Å². The fourth-order valence-corrected chi connectivity index (χ4v) is 1.62. The largest absolute Gasteiger partial charge is 0.508 e. The van der Waals surface area contributed by atoms with Crippen LogP contribution in [0.2, 0.25) is 0 Å². The van der Waals surface area contributed by atoms with Gasteiger partial charge in [-0.1, -0.05) is 0 Å². The summed E-state index contributed by atoms with van der Waals surface area (Å²) in [4.78, 5) is 4.23. The molecule has 17 heavy (non-hydrogen) atoms. The van der Waals surface area contributed by atoms with Crippen molar-refractivity contribution in [1.29, 1.82) is 0 Å². The molecule has 0 aliphatic heterocycles. The Morgan fingerprint density at radius 3 is 2.47 bits per heavy atom. The number of hydrogen-bond acceptors (Lipinski definition) is 4. The summed E-state index contributed by atoms with van der Waals surface area (Å²) in [5, 5.41) is 23.1. The van der Waals surface area contributed by atoms with Gasteiger partial charge in [-0.2, -0.15) is 0 Å². The molecule has 0 saturated carbocycles. The Bertz CT molecular complexity index is 674. The molecule has 2 N–H and O–H groups in total. The molecule has 1 aromatic carbocycles. The van der Waals surface area contributed by atoms with E-state index in [1.165, 1.54) is 4.52 Å². The van der Waals surface area contributed by atoms with Gasteiger partial charge in [-0.05, 0) is 36.4 Å². The number of benzene rings is 1. The Labute approximate surface area is 96.6 Å². The highest BCUT2D eigenvalue weighted by atomic mass is 16.3. The molecule has 0 fully saturated rings. The molecule has 0 amide bonds. The Hall–Kier alpha value is -2.56. The highest BCUT2D eigenvalue weighted by Crippen LogP contribution is 2.22. The molecule has 0 saturated heterocycles. The number of phenols is 1. The van der Waals surface area contributed by atoms with Crippen molar-refractivity contribution in [3.8, 4) is 22.9 Å². The second kappa shape index (κ2) is 3.48. The van der Waals surface area contributed by atoms with Crippen LogP contribution >= 0.6 is 0 Å². The van der Waals surface area contributed by atoms with Crippen molar-refractivity contribution in [3.05, 3.63) is 42.6 Å². The van der Waals surface area contributed by atoms with E-state index in [2.05, 4.69) is 10.1 Å². The van der Waals surface area contributed by atoms with Gasteiger partial charge in [-0.15, -0.1) is 5.10 Å². The van der Waals surface area contributed by atoms with Gasteiger partial charge in [0, 0.05) is 11.8 Å². The van der Waals surface area contributed by atoms with Crippen molar-refractivity contribution < 1.29 is 10.2 Å². The Balaban J connectivity index is 2.18. The lowest BCUT2D eigenvalue weighted by Crippen LogP contribution is -1.85. The average Bonchev–Trinajstić information content (AvgIpc) is 2.75. The number of nitrogens with zero attached hydrogens (tertiary/aromatic N) is 3.